The average Bonchev–Trinajstić information content (AvgIpc) is 2.95. The summed E-state index contributed by atoms with van der Waals surface area (Å²) in [6.07, 6.45) is 2.09. The maximum Gasteiger partial charge on any atom is 0.119 e. The Kier molecular flexibility index (Phi) is 10.8. The lowest BCUT2D eigenvalue weighted by Crippen LogP contribution is -2.40. The van der Waals surface area contributed by atoms with E-state index in [1.165, 1.54) is 38.6 Å². The van der Waals surface area contributed by atoms with E-state index in [9.17, 15) is 0 Å². The molecule has 4 aromatic rings. The first kappa shape index (κ1) is 29.1. The molecule has 1 heterocycles. The third-order valence-electron chi connectivity index (χ3n) is 7.47. The summed E-state index contributed by atoms with van der Waals surface area (Å²) in [6, 6.07) is 30.2. The Morgan fingerprint density at radius 1 is 0.821 bits per heavy atom. The number of halogens is 1. The standard InChI is InChI=1S/C34H39NO3.ClH/c1-25-8-10-31(26(2)20-25)24-36-18-5-19-37-32-14-12-29(13-15-32)33-16-17-35-22-34(33)38-23-27-9-11-28-6-3-4-7-30(28)21-27;/h3-4,6-15,20-21,33-35H,5,16-19,22-24H2,1-2H3;1H. The lowest BCUT2D eigenvalue weighted by molar-refractivity contribution is 0.0106. The summed E-state index contributed by atoms with van der Waals surface area (Å²) in [5, 5.41) is 6.03. The number of aryl methyl sites for hydroxylation is 2. The van der Waals surface area contributed by atoms with Gasteiger partial charge in [-0.15, -0.1) is 12.4 Å². The van der Waals surface area contributed by atoms with Crippen LogP contribution in [0, 0.1) is 13.8 Å². The van der Waals surface area contributed by atoms with Crippen molar-refractivity contribution in [2.24, 2.45) is 0 Å². The zero-order chi connectivity index (χ0) is 26.2. The highest BCUT2D eigenvalue weighted by Crippen LogP contribution is 2.30. The van der Waals surface area contributed by atoms with E-state index in [0.717, 1.165) is 31.7 Å². The Hall–Kier alpha value is -2.89. The third kappa shape index (κ3) is 8.06. The largest absolute Gasteiger partial charge is 0.494 e. The predicted molar refractivity (Wildman–Crippen MR) is 162 cm³/mol. The van der Waals surface area contributed by atoms with Crippen molar-refractivity contribution in [2.75, 3.05) is 26.3 Å². The van der Waals surface area contributed by atoms with Gasteiger partial charge < -0.3 is 19.5 Å². The van der Waals surface area contributed by atoms with Gasteiger partial charge in [-0.2, -0.15) is 0 Å². The van der Waals surface area contributed by atoms with Gasteiger partial charge >= 0.3 is 0 Å². The van der Waals surface area contributed by atoms with Gasteiger partial charge in [-0.25, -0.2) is 0 Å². The summed E-state index contributed by atoms with van der Waals surface area (Å²) >= 11 is 0. The fourth-order valence-corrected chi connectivity index (χ4v) is 5.27. The molecule has 0 saturated carbocycles. The van der Waals surface area contributed by atoms with Crippen LogP contribution in [0.1, 0.15) is 46.6 Å². The summed E-state index contributed by atoms with van der Waals surface area (Å²) in [6.45, 7) is 8.77. The van der Waals surface area contributed by atoms with Crippen molar-refractivity contribution in [3.8, 4) is 5.75 Å². The van der Waals surface area contributed by atoms with Crippen molar-refractivity contribution in [3.63, 3.8) is 0 Å². The molecule has 0 amide bonds. The molecular formula is C34H40ClNO3. The van der Waals surface area contributed by atoms with Gasteiger partial charge in [0.25, 0.3) is 0 Å². The van der Waals surface area contributed by atoms with E-state index >= 15 is 0 Å². The Labute approximate surface area is 239 Å². The van der Waals surface area contributed by atoms with E-state index in [-0.39, 0.29) is 18.5 Å². The molecule has 39 heavy (non-hydrogen) atoms. The second-order valence-electron chi connectivity index (χ2n) is 10.4. The molecule has 1 fully saturated rings. The molecule has 5 rings (SSSR count). The van der Waals surface area contributed by atoms with E-state index in [1.807, 2.05) is 0 Å². The molecule has 0 spiro atoms. The molecule has 206 valence electrons. The summed E-state index contributed by atoms with van der Waals surface area (Å²) in [5.41, 5.74) is 6.37. The minimum atomic E-state index is 0. The topological polar surface area (TPSA) is 39.7 Å². The normalized spacial score (nSPS) is 17.1. The quantitative estimate of drug-likeness (QED) is 0.198. The SMILES string of the molecule is Cc1ccc(COCCCOc2ccc(C3CCNCC3OCc3ccc4ccccc4c3)cc2)c(C)c1.Cl. The van der Waals surface area contributed by atoms with Crippen LogP contribution >= 0.6 is 12.4 Å². The second kappa shape index (κ2) is 14.5. The first-order valence-electron chi connectivity index (χ1n) is 13.8. The molecular weight excluding hydrogens is 506 g/mol. The molecule has 0 aromatic heterocycles. The van der Waals surface area contributed by atoms with E-state index in [0.29, 0.717) is 32.3 Å². The van der Waals surface area contributed by atoms with Gasteiger partial charge in [0, 0.05) is 18.9 Å². The number of rotatable bonds is 11. The van der Waals surface area contributed by atoms with Crippen LogP contribution < -0.4 is 10.1 Å². The van der Waals surface area contributed by atoms with Crippen LogP contribution in [0.25, 0.3) is 10.8 Å². The van der Waals surface area contributed by atoms with Crippen LogP contribution in [-0.4, -0.2) is 32.4 Å². The first-order valence-corrected chi connectivity index (χ1v) is 13.8. The third-order valence-corrected chi connectivity index (χ3v) is 7.47. The maximum atomic E-state index is 6.46. The molecule has 4 aromatic carbocycles. The zero-order valence-corrected chi connectivity index (χ0v) is 23.8. The first-order chi connectivity index (χ1) is 18.7. The number of nitrogens with one attached hydrogen (secondary N) is 1. The number of benzene rings is 4. The van der Waals surface area contributed by atoms with Crippen LogP contribution in [0.15, 0.2) is 84.9 Å². The lowest BCUT2D eigenvalue weighted by atomic mass is 9.87. The maximum absolute atomic E-state index is 6.46. The van der Waals surface area contributed by atoms with Gasteiger partial charge in [-0.1, -0.05) is 72.3 Å². The average molecular weight is 546 g/mol. The van der Waals surface area contributed by atoms with Gasteiger partial charge in [0.15, 0.2) is 0 Å². The molecule has 4 nitrogen and oxygen atoms in total. The monoisotopic (exact) mass is 545 g/mol. The second-order valence-corrected chi connectivity index (χ2v) is 10.4. The van der Waals surface area contributed by atoms with Crippen molar-refractivity contribution in [2.45, 2.75) is 51.9 Å². The molecule has 0 radical (unpaired) electrons. The van der Waals surface area contributed by atoms with Gasteiger partial charge in [0.2, 0.25) is 0 Å². The zero-order valence-electron chi connectivity index (χ0n) is 23.0. The number of hydrogen-bond donors (Lipinski definition) is 1. The highest BCUT2D eigenvalue weighted by molar-refractivity contribution is 5.85. The van der Waals surface area contributed by atoms with Crippen LogP contribution in [0.2, 0.25) is 0 Å². The fourth-order valence-electron chi connectivity index (χ4n) is 5.27. The highest BCUT2D eigenvalue weighted by atomic mass is 35.5. The van der Waals surface area contributed by atoms with Crippen molar-refractivity contribution in [1.29, 1.82) is 0 Å². The van der Waals surface area contributed by atoms with Crippen LogP contribution in [0.3, 0.4) is 0 Å². The minimum absolute atomic E-state index is 0. The molecule has 1 aliphatic rings. The molecule has 0 bridgehead atoms. The Bertz CT molecular complexity index is 1320. The van der Waals surface area contributed by atoms with Crippen molar-refractivity contribution >= 4 is 23.2 Å². The molecule has 1 aliphatic heterocycles. The number of piperidine rings is 1. The Morgan fingerprint density at radius 2 is 1.64 bits per heavy atom. The summed E-state index contributed by atoms with van der Waals surface area (Å²) in [5.74, 6) is 1.29. The lowest BCUT2D eigenvalue weighted by Gasteiger charge is -2.32. The molecule has 0 aliphatic carbocycles. The van der Waals surface area contributed by atoms with Gasteiger partial charge in [-0.3, -0.25) is 0 Å². The number of hydrogen-bond acceptors (Lipinski definition) is 4. The van der Waals surface area contributed by atoms with Crippen LogP contribution in [-0.2, 0) is 22.7 Å². The van der Waals surface area contributed by atoms with E-state index < -0.39 is 0 Å². The van der Waals surface area contributed by atoms with Crippen LogP contribution in [0.5, 0.6) is 5.75 Å². The smallest absolute Gasteiger partial charge is 0.119 e. The summed E-state index contributed by atoms with van der Waals surface area (Å²) in [7, 11) is 0. The molecule has 2 unspecified atom stereocenters. The van der Waals surface area contributed by atoms with Gasteiger partial charge in [-0.05, 0) is 78.0 Å². The van der Waals surface area contributed by atoms with E-state index in [2.05, 4.69) is 104 Å². The highest BCUT2D eigenvalue weighted by Gasteiger charge is 2.27. The van der Waals surface area contributed by atoms with E-state index in [4.69, 9.17) is 14.2 Å². The molecule has 5 heteroatoms. The molecule has 1 N–H and O–H groups in total. The molecule has 1 saturated heterocycles. The van der Waals surface area contributed by atoms with Crippen molar-refractivity contribution < 1.29 is 14.2 Å². The molecule has 2 atom stereocenters. The van der Waals surface area contributed by atoms with Gasteiger partial charge in [0.1, 0.15) is 5.75 Å². The number of ether oxygens (including phenoxy) is 3. The van der Waals surface area contributed by atoms with Crippen molar-refractivity contribution in [3.05, 3.63) is 113 Å². The fraction of sp³-hybridized carbons (Fsp3) is 0.353. The van der Waals surface area contributed by atoms with Gasteiger partial charge in [0.05, 0.1) is 32.5 Å². The minimum Gasteiger partial charge on any atom is -0.494 e. The van der Waals surface area contributed by atoms with E-state index in [1.54, 1.807) is 0 Å². The Morgan fingerprint density at radius 3 is 2.46 bits per heavy atom. The van der Waals surface area contributed by atoms with Crippen LogP contribution in [0.4, 0.5) is 0 Å². The summed E-state index contributed by atoms with van der Waals surface area (Å²) < 4.78 is 18.3. The summed E-state index contributed by atoms with van der Waals surface area (Å²) in [4.78, 5) is 0. The number of fused-ring (bicyclic) bond motifs is 1. The predicted octanol–water partition coefficient (Wildman–Crippen LogP) is 7.53. The Balaban J connectivity index is 0.00000353. The van der Waals surface area contributed by atoms with Crippen molar-refractivity contribution in [1.82, 2.24) is 5.32 Å².